The van der Waals surface area contributed by atoms with Gasteiger partial charge in [0.1, 0.15) is 12.6 Å². The van der Waals surface area contributed by atoms with Crippen molar-refractivity contribution in [3.8, 4) is 0 Å². The van der Waals surface area contributed by atoms with Crippen molar-refractivity contribution >= 4 is 45.4 Å². The third kappa shape index (κ3) is 9.50. The molecule has 0 spiro atoms. The predicted molar refractivity (Wildman–Crippen MR) is 186 cm³/mol. The van der Waals surface area contributed by atoms with Crippen LogP contribution in [0.5, 0.6) is 0 Å². The zero-order valence-electron chi connectivity index (χ0n) is 28.3. The molecule has 0 bridgehead atoms. The lowest BCUT2D eigenvalue weighted by Gasteiger charge is -2.34. The van der Waals surface area contributed by atoms with Gasteiger partial charge in [-0.2, -0.15) is 4.31 Å². The van der Waals surface area contributed by atoms with Crippen molar-refractivity contribution in [2.45, 2.75) is 70.7 Å². The van der Waals surface area contributed by atoms with Gasteiger partial charge in [-0.05, 0) is 48.4 Å². The highest BCUT2D eigenvalue weighted by molar-refractivity contribution is 7.89. The number of benzene rings is 2. The number of thiazole rings is 1. The molecule has 13 nitrogen and oxygen atoms in total. The Kier molecular flexibility index (Phi) is 12.7. The quantitative estimate of drug-likeness (QED) is 0.0877. The van der Waals surface area contributed by atoms with Crippen LogP contribution in [0.2, 0.25) is 0 Å². The van der Waals surface area contributed by atoms with Crippen LogP contribution in [0.1, 0.15) is 49.5 Å². The van der Waals surface area contributed by atoms with E-state index in [2.05, 4.69) is 15.5 Å². The van der Waals surface area contributed by atoms with E-state index in [9.17, 15) is 27.9 Å². The first-order chi connectivity index (χ1) is 23.2. The molecular weight excluding hydrogens is 669 g/mol. The number of amides is 4. The van der Waals surface area contributed by atoms with Crippen molar-refractivity contribution in [3.05, 3.63) is 81.8 Å². The topological polar surface area (TPSA) is 173 Å². The number of nitrogens with zero attached hydrogens (tertiary/aromatic N) is 5. The fraction of sp³-hybridized carbons (Fsp3) is 0.441. The molecule has 2 aromatic carbocycles. The molecule has 15 heteroatoms. The molecule has 1 aliphatic rings. The number of aliphatic hydroxyl groups excluding tert-OH is 1. The second kappa shape index (κ2) is 16.5. The van der Waals surface area contributed by atoms with Crippen LogP contribution in [0.15, 0.2) is 70.0 Å². The monoisotopic (exact) mass is 712 g/mol. The van der Waals surface area contributed by atoms with Crippen molar-refractivity contribution < 1.29 is 33.1 Å². The maximum atomic E-state index is 14.0. The smallest absolute Gasteiger partial charge is 0.328 e. The summed E-state index contributed by atoms with van der Waals surface area (Å²) in [6.07, 6.45) is -0.00409. The zero-order valence-corrected chi connectivity index (χ0v) is 29.9. The van der Waals surface area contributed by atoms with Gasteiger partial charge in [0.25, 0.3) is 5.91 Å². The number of sulfonamides is 1. The normalized spacial score (nSPS) is 15.9. The average molecular weight is 713 g/mol. The first-order valence-electron chi connectivity index (χ1n) is 16.0. The minimum Gasteiger partial charge on any atom is -0.411 e. The SMILES string of the molecule is Cc1nc(CN2C(=O)CN(C(C(=O)N[C@@H](Cc3ccccc3)[C@H](O)CN(CC(C)C)S(=O)(=O)c3ccc(/C=N/O)cc3)C(C)C)C2=O)cs1. The molecule has 1 fully saturated rings. The molecule has 49 heavy (non-hydrogen) atoms. The van der Waals surface area contributed by atoms with Crippen LogP contribution < -0.4 is 5.32 Å². The molecule has 0 aliphatic carbocycles. The summed E-state index contributed by atoms with van der Waals surface area (Å²) in [4.78, 5) is 47.2. The lowest BCUT2D eigenvalue weighted by Crippen LogP contribution is -2.57. The molecule has 0 radical (unpaired) electrons. The van der Waals surface area contributed by atoms with Crippen LogP contribution in [-0.4, -0.2) is 99.7 Å². The van der Waals surface area contributed by atoms with E-state index >= 15 is 0 Å². The van der Waals surface area contributed by atoms with Gasteiger partial charge < -0.3 is 20.5 Å². The number of hydrogen-bond donors (Lipinski definition) is 3. The fourth-order valence-electron chi connectivity index (χ4n) is 5.76. The predicted octanol–water partition coefficient (Wildman–Crippen LogP) is 3.48. The largest absolute Gasteiger partial charge is 0.411 e. The Morgan fingerprint density at radius 2 is 1.76 bits per heavy atom. The van der Waals surface area contributed by atoms with Crippen LogP contribution in [-0.2, 0) is 32.6 Å². The molecule has 2 heterocycles. The summed E-state index contributed by atoms with van der Waals surface area (Å²) >= 11 is 1.41. The highest BCUT2D eigenvalue weighted by atomic mass is 32.2. The molecule has 0 saturated carbocycles. The summed E-state index contributed by atoms with van der Waals surface area (Å²) in [5.41, 5.74) is 1.88. The Labute approximate surface area is 291 Å². The lowest BCUT2D eigenvalue weighted by molar-refractivity contribution is -0.129. The van der Waals surface area contributed by atoms with E-state index in [0.717, 1.165) is 15.5 Å². The second-order valence-electron chi connectivity index (χ2n) is 12.8. The van der Waals surface area contributed by atoms with Gasteiger partial charge in [-0.25, -0.2) is 18.2 Å². The summed E-state index contributed by atoms with van der Waals surface area (Å²) in [6.45, 7) is 8.57. The zero-order chi connectivity index (χ0) is 35.9. The Balaban J connectivity index is 1.59. The van der Waals surface area contributed by atoms with Gasteiger partial charge in [0.05, 0.1) is 40.5 Å². The fourth-order valence-corrected chi connectivity index (χ4v) is 7.98. The molecule has 264 valence electrons. The van der Waals surface area contributed by atoms with Gasteiger partial charge in [-0.15, -0.1) is 11.3 Å². The Morgan fingerprint density at radius 3 is 2.33 bits per heavy atom. The van der Waals surface area contributed by atoms with Gasteiger partial charge in [0, 0.05) is 18.5 Å². The number of aromatic nitrogens is 1. The number of carbonyl (C=O) groups is 3. The maximum Gasteiger partial charge on any atom is 0.328 e. The molecule has 1 aliphatic heterocycles. The summed E-state index contributed by atoms with van der Waals surface area (Å²) in [6, 6.07) is 12.4. The first-order valence-corrected chi connectivity index (χ1v) is 18.3. The molecule has 3 atom stereocenters. The highest BCUT2D eigenvalue weighted by Gasteiger charge is 2.44. The van der Waals surface area contributed by atoms with Crippen LogP contribution in [0.4, 0.5) is 4.79 Å². The number of urea groups is 1. The van der Waals surface area contributed by atoms with Crippen molar-refractivity contribution in [2.24, 2.45) is 17.0 Å². The summed E-state index contributed by atoms with van der Waals surface area (Å²) in [7, 11) is -4.09. The van der Waals surface area contributed by atoms with Gasteiger partial charge in [-0.3, -0.25) is 14.5 Å². The van der Waals surface area contributed by atoms with Crippen LogP contribution in [0.25, 0.3) is 0 Å². The highest BCUT2D eigenvalue weighted by Crippen LogP contribution is 2.24. The minimum absolute atomic E-state index is 0.00179. The minimum atomic E-state index is -4.09. The van der Waals surface area contributed by atoms with Gasteiger partial charge in [0.15, 0.2) is 0 Å². The number of aryl methyl sites for hydroxylation is 1. The molecule has 1 aromatic heterocycles. The van der Waals surface area contributed by atoms with Crippen molar-refractivity contribution in [1.29, 1.82) is 0 Å². The molecule has 1 unspecified atom stereocenters. The van der Waals surface area contributed by atoms with E-state index in [1.165, 1.54) is 51.0 Å². The van der Waals surface area contributed by atoms with Crippen molar-refractivity contribution in [1.82, 2.24) is 24.4 Å². The van der Waals surface area contributed by atoms with Gasteiger partial charge in [0.2, 0.25) is 15.9 Å². The molecule has 1 saturated heterocycles. The first kappa shape index (κ1) is 37.6. The van der Waals surface area contributed by atoms with Gasteiger partial charge >= 0.3 is 6.03 Å². The van der Waals surface area contributed by atoms with E-state index in [4.69, 9.17) is 5.21 Å². The molecular formula is C34H44N6O7S2. The van der Waals surface area contributed by atoms with E-state index in [1.807, 2.05) is 51.1 Å². The number of aliphatic hydroxyl groups is 1. The standard InChI is InChI=1S/C34H44N6O7S2/c1-22(2)17-38(49(46,47)28-13-11-26(12-14-28)16-35-45)19-30(41)29(15-25-9-7-6-8-10-25)37-33(43)32(23(3)4)40-20-31(42)39(34(40)44)18-27-21-48-24(5)36-27/h6-14,16,21-23,29-30,32,41,45H,15,17-20H2,1-5H3,(H,37,43)/b35-16+/t29-,30+,32?/m0/s1. The summed E-state index contributed by atoms with van der Waals surface area (Å²) in [5, 5.41) is 29.0. The molecule has 3 N–H and O–H groups in total. The Morgan fingerprint density at radius 1 is 1.08 bits per heavy atom. The van der Waals surface area contributed by atoms with Crippen molar-refractivity contribution in [3.63, 3.8) is 0 Å². The summed E-state index contributed by atoms with van der Waals surface area (Å²) in [5.74, 6) is -1.50. The molecule has 3 aromatic rings. The second-order valence-corrected chi connectivity index (χ2v) is 15.8. The van der Waals surface area contributed by atoms with Crippen LogP contribution in [0, 0.1) is 18.8 Å². The summed E-state index contributed by atoms with van der Waals surface area (Å²) < 4.78 is 28.9. The Hall–Kier alpha value is -4.18. The van der Waals surface area contributed by atoms with E-state index < -0.39 is 52.0 Å². The third-order valence-corrected chi connectivity index (χ3v) is 10.7. The third-order valence-electron chi connectivity index (χ3n) is 8.08. The van der Waals surface area contributed by atoms with E-state index in [-0.39, 0.29) is 43.4 Å². The maximum absolute atomic E-state index is 14.0. The number of nitrogens with one attached hydrogen (secondary N) is 1. The van der Waals surface area contributed by atoms with Gasteiger partial charge in [-0.1, -0.05) is 75.3 Å². The van der Waals surface area contributed by atoms with Crippen LogP contribution >= 0.6 is 11.3 Å². The molecule has 4 amide bonds. The van der Waals surface area contributed by atoms with E-state index in [1.54, 1.807) is 19.2 Å². The lowest BCUT2D eigenvalue weighted by atomic mass is 9.97. The Bertz CT molecular complexity index is 1730. The average Bonchev–Trinajstić information content (AvgIpc) is 3.58. The van der Waals surface area contributed by atoms with E-state index in [0.29, 0.717) is 11.3 Å². The van der Waals surface area contributed by atoms with Crippen LogP contribution in [0.3, 0.4) is 0 Å². The number of imide groups is 1. The number of carbonyl (C=O) groups excluding carboxylic acids is 3. The number of rotatable bonds is 16. The number of hydrogen-bond acceptors (Lipinski definition) is 10. The number of oxime groups is 1. The molecule has 4 rings (SSSR count). The van der Waals surface area contributed by atoms with Crippen molar-refractivity contribution in [2.75, 3.05) is 19.6 Å².